The molecule has 0 aliphatic carbocycles. The van der Waals surface area contributed by atoms with Crippen molar-refractivity contribution in [2.75, 3.05) is 0 Å². The minimum atomic E-state index is 0.0371. The minimum Gasteiger partial charge on any atom is -0.310 e. The van der Waals surface area contributed by atoms with Gasteiger partial charge in [-0.15, -0.1) is 0 Å². The molecule has 0 spiro atoms. The van der Waals surface area contributed by atoms with Crippen LogP contribution in [0.3, 0.4) is 0 Å². The molecular formula is C56H42B2N2. The Balaban J connectivity index is 1.27. The lowest BCUT2D eigenvalue weighted by Gasteiger charge is -2.34. The minimum absolute atomic E-state index is 0.0371. The lowest BCUT2D eigenvalue weighted by Crippen LogP contribution is -2.62. The first-order chi connectivity index (χ1) is 29.3. The predicted molar refractivity (Wildman–Crippen MR) is 261 cm³/mol. The lowest BCUT2D eigenvalue weighted by atomic mass is 9.31. The van der Waals surface area contributed by atoms with E-state index < -0.39 is 0 Å². The zero-order valence-corrected chi connectivity index (χ0v) is 34.9. The van der Waals surface area contributed by atoms with Gasteiger partial charge in [0.05, 0.1) is 22.1 Å². The van der Waals surface area contributed by atoms with Crippen LogP contribution in [0.2, 0.25) is 0 Å². The van der Waals surface area contributed by atoms with E-state index in [2.05, 4.69) is 196 Å². The van der Waals surface area contributed by atoms with Crippen LogP contribution in [-0.2, 0) is 0 Å². The molecule has 0 atom stereocenters. The summed E-state index contributed by atoms with van der Waals surface area (Å²) in [5.74, 6) is 0. The fourth-order valence-electron chi connectivity index (χ4n) is 12.4. The second-order valence-corrected chi connectivity index (χ2v) is 18.0. The molecule has 4 heteroatoms. The summed E-state index contributed by atoms with van der Waals surface area (Å²) < 4.78 is 5.27. The Bertz CT molecular complexity index is 3460. The third-order valence-corrected chi connectivity index (χ3v) is 14.3. The highest BCUT2D eigenvalue weighted by Crippen LogP contribution is 2.41. The second-order valence-electron chi connectivity index (χ2n) is 18.0. The molecular weight excluding hydrogens is 722 g/mol. The zero-order valence-electron chi connectivity index (χ0n) is 34.9. The average molecular weight is 765 g/mol. The van der Waals surface area contributed by atoms with Gasteiger partial charge in [0, 0.05) is 32.9 Å². The first-order valence-corrected chi connectivity index (χ1v) is 21.5. The van der Waals surface area contributed by atoms with Crippen LogP contribution >= 0.6 is 0 Å². The fraction of sp³-hybridized carbons (Fsp3) is 0.107. The number of hydrogen-bond donors (Lipinski definition) is 0. The Morgan fingerprint density at radius 3 is 1.13 bits per heavy atom. The molecule has 0 fully saturated rings. The molecule has 60 heavy (non-hydrogen) atoms. The van der Waals surface area contributed by atoms with E-state index in [0.717, 1.165) is 0 Å². The normalized spacial score (nSPS) is 13.1. The van der Waals surface area contributed by atoms with Crippen molar-refractivity contribution in [2.45, 2.75) is 41.5 Å². The van der Waals surface area contributed by atoms with Crippen molar-refractivity contribution in [1.82, 2.24) is 9.13 Å². The lowest BCUT2D eigenvalue weighted by molar-refractivity contribution is 1.15. The van der Waals surface area contributed by atoms with E-state index in [0.29, 0.717) is 0 Å². The topological polar surface area (TPSA) is 9.86 Å². The molecule has 0 amide bonds. The Hall–Kier alpha value is -6.77. The Labute approximate surface area is 350 Å². The summed E-state index contributed by atoms with van der Waals surface area (Å²) in [6.07, 6.45) is 0. The molecule has 0 bridgehead atoms. The van der Waals surface area contributed by atoms with E-state index in [1.807, 2.05) is 0 Å². The summed E-state index contributed by atoms with van der Waals surface area (Å²) in [4.78, 5) is 0. The third kappa shape index (κ3) is 4.31. The van der Waals surface area contributed by atoms with Crippen molar-refractivity contribution in [2.24, 2.45) is 0 Å². The Kier molecular flexibility index (Phi) is 6.78. The molecule has 2 aliphatic heterocycles. The van der Waals surface area contributed by atoms with Gasteiger partial charge in [0.25, 0.3) is 0 Å². The molecule has 11 aromatic rings. The summed E-state index contributed by atoms with van der Waals surface area (Å²) in [6.45, 7) is 13.9. The van der Waals surface area contributed by atoms with Gasteiger partial charge < -0.3 is 9.13 Å². The van der Waals surface area contributed by atoms with E-state index in [1.54, 1.807) is 0 Å². The van der Waals surface area contributed by atoms with Gasteiger partial charge in [0.2, 0.25) is 13.4 Å². The molecule has 13 rings (SSSR count). The first kappa shape index (κ1) is 34.1. The van der Waals surface area contributed by atoms with E-state index in [-0.39, 0.29) is 13.4 Å². The van der Waals surface area contributed by atoms with E-state index in [1.165, 1.54) is 143 Å². The quantitative estimate of drug-likeness (QED) is 0.155. The standard InChI is InChI=1S/C56H42B2N2/c1-31-23-33(3)53(34(4)24-31)57-43-29-44-50(30-49(43)59-47-21-13-11-19-41(47)51-39-17-9-7-15-37(39)27-45(57)55(51)59)60-48-22-14-12-20-42(48)52-40-18-10-8-16-38(40)28-46(56(52)60)58(44)54-35(5)25-32(2)26-36(54)6/h7-30H,1-6H3. The molecule has 2 nitrogen and oxygen atoms in total. The number of fused-ring (bicyclic) bond motifs is 14. The number of aromatic nitrogens is 2. The smallest absolute Gasteiger partial charge is 0.247 e. The van der Waals surface area contributed by atoms with Crippen LogP contribution in [-0.4, -0.2) is 22.6 Å². The van der Waals surface area contributed by atoms with Gasteiger partial charge in [0.15, 0.2) is 0 Å². The fourth-order valence-corrected chi connectivity index (χ4v) is 12.4. The number of aryl methyl sites for hydroxylation is 6. The SMILES string of the molecule is Cc1cc(C)c(B2c3cc4c(cc3-n3c5ccccc5c5c6ccccc6cc2c53)-n2c3ccccc3c3c5ccccc5cc(c32)B4c2c(C)cc(C)cc2C)c(C)c1. The summed E-state index contributed by atoms with van der Waals surface area (Å²) in [5, 5.41) is 10.5. The summed E-state index contributed by atoms with van der Waals surface area (Å²) in [7, 11) is 0. The predicted octanol–water partition coefficient (Wildman–Crippen LogP) is 9.70. The van der Waals surface area contributed by atoms with Crippen molar-refractivity contribution >= 4 is 111 Å². The van der Waals surface area contributed by atoms with Gasteiger partial charge in [-0.1, -0.05) is 172 Å². The molecule has 2 aliphatic rings. The van der Waals surface area contributed by atoms with Crippen LogP contribution in [0.1, 0.15) is 33.4 Å². The van der Waals surface area contributed by atoms with Crippen molar-refractivity contribution < 1.29 is 0 Å². The molecule has 0 radical (unpaired) electrons. The highest BCUT2D eigenvalue weighted by atomic mass is 15.0. The largest absolute Gasteiger partial charge is 0.310 e. The number of benzene rings is 9. The van der Waals surface area contributed by atoms with Gasteiger partial charge in [-0.3, -0.25) is 0 Å². The molecule has 9 aromatic carbocycles. The number of nitrogens with zero attached hydrogens (tertiary/aromatic N) is 2. The molecule has 2 aromatic heterocycles. The highest BCUT2D eigenvalue weighted by Gasteiger charge is 2.41. The summed E-state index contributed by atoms with van der Waals surface area (Å²) >= 11 is 0. The monoisotopic (exact) mass is 764 g/mol. The Morgan fingerprint density at radius 2 is 0.717 bits per heavy atom. The van der Waals surface area contributed by atoms with E-state index >= 15 is 0 Å². The zero-order chi connectivity index (χ0) is 40.3. The number of rotatable bonds is 2. The summed E-state index contributed by atoms with van der Waals surface area (Å²) in [5.41, 5.74) is 24.1. The van der Waals surface area contributed by atoms with Gasteiger partial charge in [-0.25, -0.2) is 0 Å². The molecule has 282 valence electrons. The van der Waals surface area contributed by atoms with Gasteiger partial charge in [-0.2, -0.15) is 0 Å². The van der Waals surface area contributed by atoms with Gasteiger partial charge in [-0.05, 0) is 103 Å². The molecule has 4 heterocycles. The van der Waals surface area contributed by atoms with Crippen molar-refractivity contribution in [3.8, 4) is 11.4 Å². The maximum absolute atomic E-state index is 2.66. The van der Waals surface area contributed by atoms with Crippen molar-refractivity contribution in [3.05, 3.63) is 179 Å². The molecule has 0 N–H and O–H groups in total. The third-order valence-electron chi connectivity index (χ3n) is 14.3. The van der Waals surface area contributed by atoms with Crippen LogP contribution < -0.4 is 32.8 Å². The van der Waals surface area contributed by atoms with Crippen LogP contribution in [0.4, 0.5) is 0 Å². The molecule has 0 saturated carbocycles. The summed E-state index contributed by atoms with van der Waals surface area (Å²) in [6, 6.07) is 56.2. The van der Waals surface area contributed by atoms with Crippen LogP contribution in [0.15, 0.2) is 146 Å². The molecule has 0 saturated heterocycles. The molecule has 0 unspecified atom stereocenters. The van der Waals surface area contributed by atoms with Gasteiger partial charge in [0.1, 0.15) is 0 Å². The first-order valence-electron chi connectivity index (χ1n) is 21.5. The van der Waals surface area contributed by atoms with Gasteiger partial charge >= 0.3 is 0 Å². The Morgan fingerprint density at radius 1 is 0.350 bits per heavy atom. The van der Waals surface area contributed by atoms with E-state index in [9.17, 15) is 0 Å². The highest BCUT2D eigenvalue weighted by molar-refractivity contribution is 7.01. The van der Waals surface area contributed by atoms with Crippen LogP contribution in [0.5, 0.6) is 0 Å². The number of para-hydroxylation sites is 2. The van der Waals surface area contributed by atoms with Crippen molar-refractivity contribution in [3.63, 3.8) is 0 Å². The van der Waals surface area contributed by atoms with Crippen molar-refractivity contribution in [1.29, 1.82) is 0 Å². The maximum Gasteiger partial charge on any atom is 0.247 e. The van der Waals surface area contributed by atoms with Crippen LogP contribution in [0, 0.1) is 41.5 Å². The van der Waals surface area contributed by atoms with E-state index in [4.69, 9.17) is 0 Å². The second kappa shape index (κ2) is 11.9. The average Bonchev–Trinajstić information content (AvgIpc) is 3.77. The number of hydrogen-bond acceptors (Lipinski definition) is 0. The maximum atomic E-state index is 2.66. The van der Waals surface area contributed by atoms with Crippen LogP contribution in [0.25, 0.3) is 76.5 Å².